The number of carbonyl (C=O) groups excluding carboxylic acids is 1. The number of allylic oxidation sites excluding steroid dienone is 1. The molecule has 1 heterocycles. The van der Waals surface area contributed by atoms with Gasteiger partial charge in [-0.3, -0.25) is 10.2 Å². The number of aromatic amines is 1. The van der Waals surface area contributed by atoms with Crippen LogP contribution in [0, 0.1) is 5.41 Å². The van der Waals surface area contributed by atoms with Gasteiger partial charge in [-0.1, -0.05) is 12.1 Å². The molecule has 7 nitrogen and oxygen atoms in total. The Hall–Kier alpha value is -3.08. The number of esters is 1. The zero-order chi connectivity index (χ0) is 22.5. The zero-order valence-corrected chi connectivity index (χ0v) is 16.9. The second-order valence-electron chi connectivity index (χ2n) is 6.21. The maximum absolute atomic E-state index is 12.8. The first-order valence-corrected chi connectivity index (χ1v) is 10.6. The molecule has 0 bridgehead atoms. The van der Waals surface area contributed by atoms with E-state index < -0.39 is 34.2 Å². The fourth-order valence-corrected chi connectivity index (χ4v) is 3.11. The van der Waals surface area contributed by atoms with E-state index in [9.17, 15) is 26.4 Å². The average molecular weight is 443 g/mol. The van der Waals surface area contributed by atoms with Crippen LogP contribution in [0.1, 0.15) is 12.6 Å². The smallest absolute Gasteiger partial charge is 0.432 e. The SMILES string of the molecule is CCOC(=O)CN/C(=C\C(=N)C(F)(F)F)c1ccc(-c2cccc(S(C)(=O)=O)c2)[nH]1. The standard InChI is InChI=1S/C19H20F3N3O4S/c1-3-29-18(26)11-24-16(10-17(23)19(20,21)22)15-8-7-14(25-15)12-5-4-6-13(9-12)30(2,27)28/h4-10,23-25H,3,11H2,1-2H3/b16-10-,23-17?. The Morgan fingerprint density at radius 2 is 1.97 bits per heavy atom. The van der Waals surface area contributed by atoms with Crippen LogP contribution in [-0.4, -0.2) is 50.7 Å². The van der Waals surface area contributed by atoms with E-state index in [4.69, 9.17) is 10.1 Å². The average Bonchev–Trinajstić information content (AvgIpc) is 3.14. The van der Waals surface area contributed by atoms with E-state index in [0.717, 1.165) is 6.26 Å². The van der Waals surface area contributed by atoms with Crippen LogP contribution in [0.15, 0.2) is 47.4 Å². The predicted molar refractivity (Wildman–Crippen MR) is 106 cm³/mol. The number of sulfone groups is 1. The monoisotopic (exact) mass is 443 g/mol. The van der Waals surface area contributed by atoms with Crippen LogP contribution in [0.5, 0.6) is 0 Å². The van der Waals surface area contributed by atoms with Gasteiger partial charge < -0.3 is 15.0 Å². The first-order valence-electron chi connectivity index (χ1n) is 8.68. The van der Waals surface area contributed by atoms with Crippen LogP contribution in [0.3, 0.4) is 0 Å². The summed E-state index contributed by atoms with van der Waals surface area (Å²) in [6.07, 6.45) is -3.24. The van der Waals surface area contributed by atoms with Crippen LogP contribution >= 0.6 is 0 Å². The topological polar surface area (TPSA) is 112 Å². The van der Waals surface area contributed by atoms with E-state index in [-0.39, 0.29) is 22.9 Å². The molecule has 1 aromatic heterocycles. The van der Waals surface area contributed by atoms with Crippen LogP contribution < -0.4 is 5.32 Å². The molecule has 0 saturated heterocycles. The molecule has 162 valence electrons. The van der Waals surface area contributed by atoms with Gasteiger partial charge in [0.25, 0.3) is 0 Å². The Morgan fingerprint density at radius 1 is 1.27 bits per heavy atom. The number of H-pyrrole nitrogens is 1. The normalized spacial score (nSPS) is 12.5. The highest BCUT2D eigenvalue weighted by atomic mass is 32.2. The van der Waals surface area contributed by atoms with Crippen molar-refractivity contribution in [3.05, 3.63) is 48.2 Å². The van der Waals surface area contributed by atoms with E-state index >= 15 is 0 Å². The summed E-state index contributed by atoms with van der Waals surface area (Å²) in [5.41, 5.74) is -0.634. The second-order valence-corrected chi connectivity index (χ2v) is 8.23. The lowest BCUT2D eigenvalue weighted by Crippen LogP contribution is -2.26. The molecule has 1 aromatic carbocycles. The fraction of sp³-hybridized carbons (Fsp3) is 0.263. The number of carbonyl (C=O) groups is 1. The van der Waals surface area contributed by atoms with Gasteiger partial charge in [-0.2, -0.15) is 13.2 Å². The maximum Gasteiger partial charge on any atom is 0.432 e. The van der Waals surface area contributed by atoms with Gasteiger partial charge in [0.15, 0.2) is 9.84 Å². The van der Waals surface area contributed by atoms with Crippen LogP contribution in [-0.2, 0) is 19.4 Å². The Labute approximate surface area is 171 Å². The number of alkyl halides is 3. The molecule has 2 aromatic rings. The lowest BCUT2D eigenvalue weighted by Gasteiger charge is -2.11. The van der Waals surface area contributed by atoms with Crippen molar-refractivity contribution in [1.29, 1.82) is 5.41 Å². The van der Waals surface area contributed by atoms with Gasteiger partial charge in [0, 0.05) is 11.9 Å². The van der Waals surface area contributed by atoms with Crippen molar-refractivity contribution in [2.45, 2.75) is 18.0 Å². The van der Waals surface area contributed by atoms with Gasteiger partial charge in [-0.15, -0.1) is 0 Å². The van der Waals surface area contributed by atoms with Crippen molar-refractivity contribution in [1.82, 2.24) is 10.3 Å². The number of halogens is 3. The van der Waals surface area contributed by atoms with Crippen LogP contribution in [0.25, 0.3) is 17.0 Å². The minimum atomic E-state index is -4.86. The number of hydrogen-bond donors (Lipinski definition) is 3. The molecule has 0 unspecified atom stereocenters. The molecule has 0 spiro atoms. The van der Waals surface area contributed by atoms with E-state index in [1.54, 1.807) is 25.1 Å². The molecule has 0 amide bonds. The van der Waals surface area contributed by atoms with Gasteiger partial charge in [-0.05, 0) is 42.8 Å². The predicted octanol–water partition coefficient (Wildman–Crippen LogP) is 3.16. The number of ether oxygens (including phenoxy) is 1. The molecule has 0 atom stereocenters. The lowest BCUT2D eigenvalue weighted by atomic mass is 10.2. The summed E-state index contributed by atoms with van der Waals surface area (Å²) in [6.45, 7) is 1.31. The molecule has 0 aliphatic heterocycles. The first kappa shape index (κ1) is 23.2. The summed E-state index contributed by atoms with van der Waals surface area (Å²) in [4.78, 5) is 14.5. The zero-order valence-electron chi connectivity index (χ0n) is 16.1. The summed E-state index contributed by atoms with van der Waals surface area (Å²) < 4.78 is 66.7. The number of aromatic nitrogens is 1. The van der Waals surface area contributed by atoms with Gasteiger partial charge in [0.05, 0.1) is 22.9 Å². The molecule has 11 heteroatoms. The summed E-state index contributed by atoms with van der Waals surface area (Å²) in [7, 11) is -3.44. The first-order chi connectivity index (χ1) is 13.9. The van der Waals surface area contributed by atoms with Crippen LogP contribution in [0.4, 0.5) is 13.2 Å². The summed E-state index contributed by atoms with van der Waals surface area (Å²) in [5.74, 6) is -0.672. The minimum absolute atomic E-state index is 0.0891. The van der Waals surface area contributed by atoms with Crippen molar-refractivity contribution < 1.29 is 31.1 Å². The van der Waals surface area contributed by atoms with Crippen molar-refractivity contribution >= 4 is 27.2 Å². The molecule has 3 N–H and O–H groups in total. The second kappa shape index (κ2) is 9.16. The lowest BCUT2D eigenvalue weighted by molar-refractivity contribution is -0.141. The van der Waals surface area contributed by atoms with Gasteiger partial charge in [0.1, 0.15) is 12.3 Å². The summed E-state index contributed by atoms with van der Waals surface area (Å²) >= 11 is 0. The number of rotatable bonds is 8. The maximum atomic E-state index is 12.8. The van der Waals surface area contributed by atoms with Crippen molar-refractivity contribution in [3.8, 4) is 11.3 Å². The number of benzene rings is 1. The molecule has 0 radical (unpaired) electrons. The highest BCUT2D eigenvalue weighted by molar-refractivity contribution is 7.90. The fourth-order valence-electron chi connectivity index (χ4n) is 2.44. The third kappa shape index (κ3) is 6.21. The molecule has 30 heavy (non-hydrogen) atoms. The molecule has 0 aliphatic rings. The Kier molecular flexibility index (Phi) is 7.08. The third-order valence-electron chi connectivity index (χ3n) is 3.87. The summed E-state index contributed by atoms with van der Waals surface area (Å²) in [6, 6.07) is 9.04. The molecule has 2 rings (SSSR count). The number of nitrogens with one attached hydrogen (secondary N) is 3. The van der Waals surface area contributed by atoms with E-state index in [1.165, 1.54) is 18.2 Å². The van der Waals surface area contributed by atoms with Crippen LogP contribution in [0.2, 0.25) is 0 Å². The van der Waals surface area contributed by atoms with E-state index in [2.05, 4.69) is 10.3 Å². The Balaban J connectivity index is 2.39. The molecule has 0 fully saturated rings. The molecule has 0 saturated carbocycles. The van der Waals surface area contributed by atoms with Gasteiger partial charge >= 0.3 is 12.1 Å². The van der Waals surface area contributed by atoms with E-state index in [0.29, 0.717) is 17.3 Å². The Bertz CT molecular complexity index is 1070. The van der Waals surface area contributed by atoms with Crippen molar-refractivity contribution in [2.75, 3.05) is 19.4 Å². The third-order valence-corrected chi connectivity index (χ3v) is 4.98. The van der Waals surface area contributed by atoms with Gasteiger partial charge in [-0.25, -0.2) is 8.42 Å². The quantitative estimate of drug-likeness (QED) is 0.429. The number of hydrogen-bond acceptors (Lipinski definition) is 6. The largest absolute Gasteiger partial charge is 0.465 e. The van der Waals surface area contributed by atoms with E-state index in [1.807, 2.05) is 0 Å². The highest BCUT2D eigenvalue weighted by Crippen LogP contribution is 2.25. The van der Waals surface area contributed by atoms with Crippen molar-refractivity contribution in [3.63, 3.8) is 0 Å². The minimum Gasteiger partial charge on any atom is -0.465 e. The molecule has 0 aliphatic carbocycles. The molecular formula is C19H20F3N3O4S. The highest BCUT2D eigenvalue weighted by Gasteiger charge is 2.33. The van der Waals surface area contributed by atoms with Crippen molar-refractivity contribution in [2.24, 2.45) is 0 Å². The summed E-state index contributed by atoms with van der Waals surface area (Å²) in [5, 5.41) is 9.76. The molecular weight excluding hydrogens is 423 g/mol. The van der Waals surface area contributed by atoms with Gasteiger partial charge in [0.2, 0.25) is 0 Å². The Morgan fingerprint density at radius 3 is 2.57 bits per heavy atom.